The molecule has 0 saturated heterocycles. The molecule has 1 aliphatic heterocycles. The molecule has 0 fully saturated rings. The van der Waals surface area contributed by atoms with Crippen molar-refractivity contribution in [3.05, 3.63) is 52.5 Å². The maximum atomic E-state index is 12.4. The van der Waals surface area contributed by atoms with Crippen molar-refractivity contribution in [3.63, 3.8) is 0 Å². The normalized spacial score (nSPS) is 13.0. The van der Waals surface area contributed by atoms with Crippen LogP contribution in [0.3, 0.4) is 0 Å². The van der Waals surface area contributed by atoms with Crippen LogP contribution in [-0.2, 0) is 11.2 Å². The van der Waals surface area contributed by atoms with Crippen molar-refractivity contribution in [1.29, 1.82) is 0 Å². The second-order valence-corrected chi connectivity index (χ2v) is 6.19. The van der Waals surface area contributed by atoms with E-state index in [9.17, 15) is 9.59 Å². The molecular weight excluding hydrogens is 342 g/mol. The molecule has 3 rings (SSSR count). The number of para-hydroxylation sites is 1. The van der Waals surface area contributed by atoms with Gasteiger partial charge in [-0.1, -0.05) is 23.7 Å². The van der Waals surface area contributed by atoms with Gasteiger partial charge >= 0.3 is 0 Å². The van der Waals surface area contributed by atoms with Crippen LogP contribution in [0.15, 0.2) is 36.4 Å². The fourth-order valence-corrected chi connectivity index (χ4v) is 2.95. The summed E-state index contributed by atoms with van der Waals surface area (Å²) in [5.41, 5.74) is 1.69. The number of fused-ring (bicyclic) bond motifs is 1. The minimum absolute atomic E-state index is 0.102. The van der Waals surface area contributed by atoms with Gasteiger partial charge in [-0.2, -0.15) is 0 Å². The molecule has 25 heavy (non-hydrogen) atoms. The van der Waals surface area contributed by atoms with Gasteiger partial charge in [-0.15, -0.1) is 0 Å². The topological polar surface area (TPSA) is 64.6 Å². The third-order valence-corrected chi connectivity index (χ3v) is 4.09. The number of hydrogen-bond acceptors (Lipinski definition) is 4. The summed E-state index contributed by atoms with van der Waals surface area (Å²) in [4.78, 5) is 24.0. The lowest BCUT2D eigenvalue weighted by Gasteiger charge is -2.12. The van der Waals surface area contributed by atoms with E-state index in [2.05, 4.69) is 5.32 Å². The summed E-state index contributed by atoms with van der Waals surface area (Å²) >= 11 is 6.25. The third-order valence-electron chi connectivity index (χ3n) is 3.81. The van der Waals surface area contributed by atoms with E-state index >= 15 is 0 Å². The molecule has 5 nitrogen and oxygen atoms in total. The number of ether oxygens (including phenoxy) is 2. The van der Waals surface area contributed by atoms with Crippen LogP contribution in [0.2, 0.25) is 5.02 Å². The molecule has 1 N–H and O–H groups in total. The standard InChI is InChI=1S/C19H18ClNO4/c1-12(22)14-5-2-3-6-16(14)21-18(23)11-13-9-15(20)19-17(10-13)24-7-4-8-25-19/h2-3,5-6,9-10H,4,7-8,11H2,1H3,(H,21,23). The molecule has 0 aromatic heterocycles. The van der Waals surface area contributed by atoms with Crippen LogP contribution in [0.4, 0.5) is 5.69 Å². The SMILES string of the molecule is CC(=O)c1ccccc1NC(=O)Cc1cc(Cl)c2c(c1)OCCCO2. The zero-order chi connectivity index (χ0) is 17.8. The lowest BCUT2D eigenvalue weighted by Crippen LogP contribution is -2.16. The highest BCUT2D eigenvalue weighted by Gasteiger charge is 2.17. The lowest BCUT2D eigenvalue weighted by molar-refractivity contribution is -0.115. The molecule has 0 bridgehead atoms. The van der Waals surface area contributed by atoms with Crippen LogP contribution in [0.25, 0.3) is 0 Å². The largest absolute Gasteiger partial charge is 0.489 e. The molecule has 6 heteroatoms. The Hall–Kier alpha value is -2.53. The van der Waals surface area contributed by atoms with Gasteiger partial charge in [0.05, 0.1) is 30.3 Å². The number of rotatable bonds is 4. The summed E-state index contributed by atoms with van der Waals surface area (Å²) in [6.07, 6.45) is 0.894. The number of anilines is 1. The Balaban J connectivity index is 1.77. The predicted molar refractivity (Wildman–Crippen MR) is 95.8 cm³/mol. The molecular formula is C19H18ClNO4. The first-order valence-electron chi connectivity index (χ1n) is 8.02. The van der Waals surface area contributed by atoms with E-state index in [0.29, 0.717) is 46.5 Å². The molecule has 0 spiro atoms. The highest BCUT2D eigenvalue weighted by Crippen LogP contribution is 2.38. The molecule has 130 valence electrons. The van der Waals surface area contributed by atoms with Gasteiger partial charge < -0.3 is 14.8 Å². The number of amides is 1. The van der Waals surface area contributed by atoms with Crippen LogP contribution in [0.1, 0.15) is 29.3 Å². The average Bonchev–Trinajstić information content (AvgIpc) is 2.81. The first-order valence-corrected chi connectivity index (χ1v) is 8.40. The Kier molecular flexibility index (Phi) is 5.24. The highest BCUT2D eigenvalue weighted by atomic mass is 35.5. The summed E-state index contributed by atoms with van der Waals surface area (Å²) < 4.78 is 11.2. The van der Waals surface area contributed by atoms with E-state index in [-0.39, 0.29) is 18.1 Å². The van der Waals surface area contributed by atoms with Crippen molar-refractivity contribution in [2.45, 2.75) is 19.8 Å². The summed E-state index contributed by atoms with van der Waals surface area (Å²) in [6, 6.07) is 10.4. The van der Waals surface area contributed by atoms with E-state index < -0.39 is 0 Å². The van der Waals surface area contributed by atoms with Crippen LogP contribution in [0.5, 0.6) is 11.5 Å². The number of ketones is 1. The van der Waals surface area contributed by atoms with Crippen molar-refractivity contribution >= 4 is 29.0 Å². The fraction of sp³-hybridized carbons (Fsp3) is 0.263. The summed E-state index contributed by atoms with van der Waals surface area (Å²) in [5, 5.41) is 3.20. The van der Waals surface area contributed by atoms with Crippen molar-refractivity contribution in [2.24, 2.45) is 0 Å². The van der Waals surface area contributed by atoms with Crippen LogP contribution in [-0.4, -0.2) is 24.9 Å². The zero-order valence-corrected chi connectivity index (χ0v) is 14.6. The molecule has 0 aliphatic carbocycles. The molecule has 0 saturated carbocycles. The third kappa shape index (κ3) is 4.12. The number of halogens is 1. The lowest BCUT2D eigenvalue weighted by atomic mass is 10.1. The fourth-order valence-electron chi connectivity index (χ4n) is 2.67. The first kappa shape index (κ1) is 17.3. The Morgan fingerprint density at radius 2 is 1.92 bits per heavy atom. The quantitative estimate of drug-likeness (QED) is 0.841. The van der Waals surface area contributed by atoms with Gasteiger partial charge in [0.15, 0.2) is 17.3 Å². The number of hydrogen-bond donors (Lipinski definition) is 1. The van der Waals surface area contributed by atoms with Gasteiger partial charge in [0, 0.05) is 12.0 Å². The van der Waals surface area contributed by atoms with Crippen LogP contribution in [0, 0.1) is 0 Å². The molecule has 0 radical (unpaired) electrons. The second kappa shape index (κ2) is 7.57. The first-order chi connectivity index (χ1) is 12.0. The van der Waals surface area contributed by atoms with E-state index in [1.165, 1.54) is 6.92 Å². The van der Waals surface area contributed by atoms with Crippen LogP contribution < -0.4 is 14.8 Å². The minimum Gasteiger partial charge on any atom is -0.489 e. The van der Waals surface area contributed by atoms with Gasteiger partial charge in [-0.25, -0.2) is 0 Å². The van der Waals surface area contributed by atoms with Crippen LogP contribution >= 0.6 is 11.6 Å². The molecule has 1 amide bonds. The molecule has 1 heterocycles. The molecule has 1 aliphatic rings. The Labute approximate surface area is 150 Å². The predicted octanol–water partition coefficient (Wildman–Crippen LogP) is 3.89. The Bertz CT molecular complexity index is 819. The number of carbonyl (C=O) groups is 2. The molecule has 2 aromatic rings. The van der Waals surface area contributed by atoms with Crippen molar-refractivity contribution in [1.82, 2.24) is 0 Å². The van der Waals surface area contributed by atoms with E-state index in [1.807, 2.05) is 0 Å². The second-order valence-electron chi connectivity index (χ2n) is 5.78. The van der Waals surface area contributed by atoms with E-state index in [1.54, 1.807) is 36.4 Å². The smallest absolute Gasteiger partial charge is 0.228 e. The molecule has 0 atom stereocenters. The van der Waals surface area contributed by atoms with Gasteiger partial charge in [-0.05, 0) is 36.8 Å². The van der Waals surface area contributed by atoms with Crippen molar-refractivity contribution < 1.29 is 19.1 Å². The summed E-state index contributed by atoms with van der Waals surface area (Å²) in [7, 11) is 0. The number of carbonyl (C=O) groups excluding carboxylic acids is 2. The number of Topliss-reactive ketones (excluding diaryl/α,β-unsaturated/α-hetero) is 1. The number of benzene rings is 2. The highest BCUT2D eigenvalue weighted by molar-refractivity contribution is 6.32. The number of nitrogens with one attached hydrogen (secondary N) is 1. The maximum absolute atomic E-state index is 12.4. The summed E-state index contributed by atoms with van der Waals surface area (Å²) in [6.45, 7) is 2.56. The maximum Gasteiger partial charge on any atom is 0.228 e. The molecule has 0 unspecified atom stereocenters. The van der Waals surface area contributed by atoms with E-state index in [4.69, 9.17) is 21.1 Å². The average molecular weight is 360 g/mol. The Morgan fingerprint density at radius 1 is 1.16 bits per heavy atom. The van der Waals surface area contributed by atoms with E-state index in [0.717, 1.165) is 6.42 Å². The minimum atomic E-state index is -0.237. The van der Waals surface area contributed by atoms with Crippen molar-refractivity contribution in [3.8, 4) is 11.5 Å². The Morgan fingerprint density at radius 3 is 2.72 bits per heavy atom. The summed E-state index contributed by atoms with van der Waals surface area (Å²) in [5.74, 6) is 0.732. The monoisotopic (exact) mass is 359 g/mol. The van der Waals surface area contributed by atoms with Gasteiger partial charge in [0.25, 0.3) is 0 Å². The van der Waals surface area contributed by atoms with Crippen molar-refractivity contribution in [2.75, 3.05) is 18.5 Å². The van der Waals surface area contributed by atoms with Gasteiger partial charge in [0.2, 0.25) is 5.91 Å². The zero-order valence-electron chi connectivity index (χ0n) is 13.8. The van der Waals surface area contributed by atoms with Gasteiger partial charge in [-0.3, -0.25) is 9.59 Å². The molecule has 2 aromatic carbocycles. The van der Waals surface area contributed by atoms with Gasteiger partial charge in [0.1, 0.15) is 0 Å².